The molecule has 0 aliphatic rings. The molecule has 7 heteroatoms. The van der Waals surface area contributed by atoms with Crippen molar-refractivity contribution in [1.82, 2.24) is 5.32 Å². The van der Waals surface area contributed by atoms with Crippen molar-refractivity contribution >= 4 is 9.84 Å². The van der Waals surface area contributed by atoms with Crippen LogP contribution < -0.4 is 5.32 Å². The van der Waals surface area contributed by atoms with E-state index in [1.54, 1.807) is 24.3 Å². The van der Waals surface area contributed by atoms with Crippen LogP contribution in [0.3, 0.4) is 0 Å². The van der Waals surface area contributed by atoms with Crippen LogP contribution in [0, 0.1) is 6.92 Å². The molecule has 2 N–H and O–H groups in total. The Balaban J connectivity index is 2.36. The average molecular weight is 321 g/mol. The van der Waals surface area contributed by atoms with Crippen molar-refractivity contribution < 1.29 is 22.3 Å². The predicted molar refractivity (Wildman–Crippen MR) is 77.4 cm³/mol. The van der Waals surface area contributed by atoms with Crippen molar-refractivity contribution in [3.63, 3.8) is 0 Å². The lowest BCUT2D eigenvalue weighted by atomic mass is 10.2. The molecule has 0 aromatic heterocycles. The molecule has 21 heavy (non-hydrogen) atoms. The van der Waals surface area contributed by atoms with Crippen LogP contribution in [0.2, 0.25) is 0 Å². The number of hydrogen-bond acceptors (Lipinski definition) is 4. The van der Waals surface area contributed by atoms with E-state index >= 15 is 0 Å². The van der Waals surface area contributed by atoms with Crippen LogP contribution in [0.5, 0.6) is 0 Å². The van der Waals surface area contributed by atoms with E-state index in [2.05, 4.69) is 5.32 Å². The Morgan fingerprint density at radius 3 is 2.43 bits per heavy atom. The number of sulfone groups is 1. The van der Waals surface area contributed by atoms with Crippen LogP contribution in [0.25, 0.3) is 0 Å². The lowest BCUT2D eigenvalue weighted by Gasteiger charge is -2.15. The first-order valence-electron chi connectivity index (χ1n) is 6.76. The van der Waals surface area contributed by atoms with E-state index in [1.165, 1.54) is 0 Å². The zero-order valence-corrected chi connectivity index (χ0v) is 12.8. The fourth-order valence-electron chi connectivity index (χ4n) is 1.77. The highest BCUT2D eigenvalue weighted by Crippen LogP contribution is 2.16. The Morgan fingerprint density at radius 1 is 1.24 bits per heavy atom. The van der Waals surface area contributed by atoms with Crippen molar-refractivity contribution in [3.8, 4) is 0 Å². The molecule has 0 unspecified atom stereocenters. The number of alkyl halides is 2. The van der Waals surface area contributed by atoms with E-state index in [4.69, 9.17) is 5.11 Å². The Bertz CT molecular complexity index is 530. The summed E-state index contributed by atoms with van der Waals surface area (Å²) in [4.78, 5) is 0.249. The van der Waals surface area contributed by atoms with Crippen molar-refractivity contribution in [2.75, 3.05) is 25.4 Å². The highest BCUT2D eigenvalue weighted by Gasteiger charge is 2.27. The molecule has 0 spiro atoms. The van der Waals surface area contributed by atoms with Gasteiger partial charge in [-0.1, -0.05) is 17.7 Å². The number of benzene rings is 1. The minimum absolute atomic E-state index is 0.0887. The Hall–Kier alpha value is -1.05. The first kappa shape index (κ1) is 18.0. The zero-order chi connectivity index (χ0) is 15.9. The summed E-state index contributed by atoms with van der Waals surface area (Å²) in [7, 11) is -3.37. The second kappa shape index (κ2) is 7.82. The van der Waals surface area contributed by atoms with E-state index < -0.39 is 35.3 Å². The van der Waals surface area contributed by atoms with E-state index in [0.717, 1.165) is 5.56 Å². The minimum atomic E-state index is -3.37. The molecule has 1 aromatic rings. The van der Waals surface area contributed by atoms with Gasteiger partial charge in [0.1, 0.15) is 0 Å². The quantitative estimate of drug-likeness (QED) is 0.680. The van der Waals surface area contributed by atoms with Crippen molar-refractivity contribution in [3.05, 3.63) is 29.8 Å². The smallest absolute Gasteiger partial charge is 0.262 e. The van der Waals surface area contributed by atoms with Gasteiger partial charge in [0.25, 0.3) is 5.92 Å². The fraction of sp³-hybridized carbons (Fsp3) is 0.571. The topological polar surface area (TPSA) is 66.4 Å². The number of hydrogen-bond donors (Lipinski definition) is 2. The molecule has 0 saturated heterocycles. The number of rotatable bonds is 9. The first-order chi connectivity index (χ1) is 9.77. The molecule has 0 bridgehead atoms. The minimum Gasteiger partial charge on any atom is -0.396 e. The standard InChI is InChI=1S/C14H21F2NO3S/c1-12-3-5-13(6-4-12)21(19,20)10-2-8-17-11-14(15,16)7-9-18/h3-6,17-18H,2,7-11H2,1H3. The van der Waals surface area contributed by atoms with Crippen LogP contribution in [0.1, 0.15) is 18.4 Å². The van der Waals surface area contributed by atoms with Gasteiger partial charge in [-0.15, -0.1) is 0 Å². The highest BCUT2D eigenvalue weighted by atomic mass is 32.2. The monoisotopic (exact) mass is 321 g/mol. The zero-order valence-electron chi connectivity index (χ0n) is 12.0. The summed E-state index contributed by atoms with van der Waals surface area (Å²) in [6, 6.07) is 6.54. The number of aryl methyl sites for hydroxylation is 1. The molecule has 120 valence electrons. The Kier molecular flexibility index (Phi) is 6.70. The normalized spacial score (nSPS) is 12.6. The third-order valence-corrected chi connectivity index (χ3v) is 4.82. The van der Waals surface area contributed by atoms with E-state index in [-0.39, 0.29) is 23.6 Å². The van der Waals surface area contributed by atoms with Gasteiger partial charge in [0, 0.05) is 13.0 Å². The highest BCUT2D eigenvalue weighted by molar-refractivity contribution is 7.91. The molecule has 0 atom stereocenters. The van der Waals surface area contributed by atoms with Crippen LogP contribution in [0.4, 0.5) is 8.78 Å². The largest absolute Gasteiger partial charge is 0.396 e. The summed E-state index contributed by atoms with van der Waals surface area (Å²) in [5, 5.41) is 11.0. The number of aliphatic hydroxyl groups is 1. The summed E-state index contributed by atoms with van der Waals surface area (Å²) in [5.41, 5.74) is 0.974. The van der Waals surface area contributed by atoms with Gasteiger partial charge >= 0.3 is 0 Å². The number of aliphatic hydroxyl groups excluding tert-OH is 1. The van der Waals surface area contributed by atoms with Gasteiger partial charge < -0.3 is 10.4 Å². The Morgan fingerprint density at radius 2 is 1.86 bits per heavy atom. The SMILES string of the molecule is Cc1ccc(S(=O)(=O)CCCNCC(F)(F)CCO)cc1. The maximum absolute atomic E-state index is 13.0. The lowest BCUT2D eigenvalue weighted by molar-refractivity contribution is -0.0195. The molecule has 0 aliphatic carbocycles. The van der Waals surface area contributed by atoms with Crippen LogP contribution in [0.15, 0.2) is 29.2 Å². The molecule has 1 rings (SSSR count). The molecule has 0 saturated carbocycles. The van der Waals surface area contributed by atoms with Crippen molar-refractivity contribution in [2.24, 2.45) is 0 Å². The van der Waals surface area contributed by atoms with E-state index in [9.17, 15) is 17.2 Å². The second-order valence-electron chi connectivity index (χ2n) is 4.99. The van der Waals surface area contributed by atoms with Crippen LogP contribution >= 0.6 is 0 Å². The van der Waals surface area contributed by atoms with Gasteiger partial charge in [-0.3, -0.25) is 0 Å². The summed E-state index contributed by atoms with van der Waals surface area (Å²) < 4.78 is 50.1. The molecule has 0 fully saturated rings. The summed E-state index contributed by atoms with van der Waals surface area (Å²) in [6.07, 6.45) is -0.340. The maximum Gasteiger partial charge on any atom is 0.262 e. The molecular weight excluding hydrogens is 300 g/mol. The van der Waals surface area contributed by atoms with Crippen molar-refractivity contribution in [2.45, 2.75) is 30.6 Å². The number of halogens is 2. The molecule has 0 amide bonds. The predicted octanol–water partition coefficient (Wildman–Crippen LogP) is 1.77. The molecule has 4 nitrogen and oxygen atoms in total. The average Bonchev–Trinajstić information content (AvgIpc) is 2.38. The maximum atomic E-state index is 13.0. The molecular formula is C14H21F2NO3S. The summed E-state index contributed by atoms with van der Waals surface area (Å²) >= 11 is 0. The van der Waals surface area contributed by atoms with Gasteiger partial charge in [-0.05, 0) is 32.0 Å². The van der Waals surface area contributed by atoms with Gasteiger partial charge in [-0.2, -0.15) is 0 Å². The first-order valence-corrected chi connectivity index (χ1v) is 8.41. The van der Waals surface area contributed by atoms with Gasteiger partial charge in [0.15, 0.2) is 9.84 Å². The van der Waals surface area contributed by atoms with Gasteiger partial charge in [0.05, 0.1) is 17.2 Å². The van der Waals surface area contributed by atoms with Gasteiger partial charge in [-0.25, -0.2) is 17.2 Å². The lowest BCUT2D eigenvalue weighted by Crippen LogP contribution is -2.34. The van der Waals surface area contributed by atoms with E-state index in [1.807, 2.05) is 6.92 Å². The summed E-state index contributed by atoms with van der Waals surface area (Å²) in [5.74, 6) is -3.06. The van der Waals surface area contributed by atoms with Crippen LogP contribution in [-0.4, -0.2) is 44.9 Å². The molecule has 0 heterocycles. The summed E-state index contributed by atoms with van der Waals surface area (Å²) in [6.45, 7) is 0.924. The van der Waals surface area contributed by atoms with Crippen LogP contribution in [-0.2, 0) is 9.84 Å². The molecule has 0 radical (unpaired) electrons. The fourth-order valence-corrected chi connectivity index (χ4v) is 3.08. The van der Waals surface area contributed by atoms with Gasteiger partial charge in [0.2, 0.25) is 0 Å². The molecule has 0 aliphatic heterocycles. The molecule has 1 aromatic carbocycles. The van der Waals surface area contributed by atoms with E-state index in [0.29, 0.717) is 0 Å². The third kappa shape index (κ3) is 6.50. The van der Waals surface area contributed by atoms with Crippen molar-refractivity contribution in [1.29, 1.82) is 0 Å². The Labute approximate surface area is 124 Å². The third-order valence-electron chi connectivity index (χ3n) is 3.01. The number of nitrogens with one attached hydrogen (secondary N) is 1. The second-order valence-corrected chi connectivity index (χ2v) is 7.10.